The Kier molecular flexibility index (Phi) is 5.76. The van der Waals surface area contributed by atoms with Crippen molar-refractivity contribution in [2.24, 2.45) is 0 Å². The lowest BCUT2D eigenvalue weighted by atomic mass is 10.1. The van der Waals surface area contributed by atoms with E-state index >= 15 is 0 Å². The van der Waals surface area contributed by atoms with E-state index in [1.807, 2.05) is 17.0 Å². The SMILES string of the molecule is COCCCNC(=O)N1CC[C@H](n2c(-c3ccc(C)cc3)nc3cccnc32)C1. The van der Waals surface area contributed by atoms with E-state index < -0.39 is 0 Å². The molecule has 7 heteroatoms. The second kappa shape index (κ2) is 8.61. The largest absolute Gasteiger partial charge is 0.385 e. The van der Waals surface area contributed by atoms with E-state index in [1.165, 1.54) is 5.56 Å². The first-order valence-electron chi connectivity index (χ1n) is 10.1. The van der Waals surface area contributed by atoms with Gasteiger partial charge < -0.3 is 19.5 Å². The number of methoxy groups -OCH3 is 1. The summed E-state index contributed by atoms with van der Waals surface area (Å²) >= 11 is 0. The monoisotopic (exact) mass is 393 g/mol. The topological polar surface area (TPSA) is 72.3 Å². The number of likely N-dealkylation sites (tertiary alicyclic amines) is 1. The van der Waals surface area contributed by atoms with E-state index in [2.05, 4.69) is 46.1 Å². The molecule has 0 spiro atoms. The number of rotatable bonds is 6. The van der Waals surface area contributed by atoms with Crippen molar-refractivity contribution in [1.29, 1.82) is 0 Å². The van der Waals surface area contributed by atoms with Crippen LogP contribution in [0.25, 0.3) is 22.6 Å². The van der Waals surface area contributed by atoms with Crippen molar-refractivity contribution in [3.05, 3.63) is 48.2 Å². The van der Waals surface area contributed by atoms with Crippen molar-refractivity contribution in [1.82, 2.24) is 24.8 Å². The maximum atomic E-state index is 12.5. The second-order valence-electron chi connectivity index (χ2n) is 7.48. The summed E-state index contributed by atoms with van der Waals surface area (Å²) in [6.07, 6.45) is 3.49. The fourth-order valence-electron chi connectivity index (χ4n) is 3.84. The van der Waals surface area contributed by atoms with E-state index in [0.717, 1.165) is 41.9 Å². The Balaban J connectivity index is 1.58. The average molecular weight is 393 g/mol. The number of fused-ring (bicyclic) bond motifs is 1. The Hall–Kier alpha value is -2.93. The number of nitrogens with zero attached hydrogens (tertiary/aromatic N) is 4. The first-order chi connectivity index (χ1) is 14.2. The number of benzene rings is 1. The second-order valence-corrected chi connectivity index (χ2v) is 7.48. The molecule has 4 rings (SSSR count). The highest BCUT2D eigenvalue weighted by atomic mass is 16.5. The molecule has 1 atom stereocenters. The zero-order valence-corrected chi connectivity index (χ0v) is 17.0. The Morgan fingerprint density at radius 1 is 1.28 bits per heavy atom. The van der Waals surface area contributed by atoms with Gasteiger partial charge in [0.1, 0.15) is 11.3 Å². The highest BCUT2D eigenvalue weighted by Gasteiger charge is 2.30. The molecule has 1 N–H and O–H groups in total. The van der Waals surface area contributed by atoms with Gasteiger partial charge in [-0.1, -0.05) is 29.8 Å². The van der Waals surface area contributed by atoms with E-state index in [-0.39, 0.29) is 12.1 Å². The molecular weight excluding hydrogens is 366 g/mol. The molecule has 0 aliphatic carbocycles. The first kappa shape index (κ1) is 19.4. The molecule has 0 unspecified atom stereocenters. The van der Waals surface area contributed by atoms with Gasteiger partial charge in [-0.15, -0.1) is 0 Å². The Morgan fingerprint density at radius 3 is 2.90 bits per heavy atom. The molecule has 1 fully saturated rings. The van der Waals surface area contributed by atoms with Crippen LogP contribution in [0.4, 0.5) is 4.79 Å². The number of amides is 2. The van der Waals surface area contributed by atoms with Crippen molar-refractivity contribution in [3.8, 4) is 11.4 Å². The molecule has 1 saturated heterocycles. The Bertz CT molecular complexity index is 983. The van der Waals surface area contributed by atoms with Crippen LogP contribution in [0.1, 0.15) is 24.4 Å². The van der Waals surface area contributed by atoms with Crippen molar-refractivity contribution in [3.63, 3.8) is 0 Å². The minimum atomic E-state index is -0.0159. The molecule has 0 bridgehead atoms. The molecule has 0 radical (unpaired) electrons. The summed E-state index contributed by atoms with van der Waals surface area (Å²) in [6, 6.07) is 12.4. The molecule has 3 aromatic rings. The zero-order valence-electron chi connectivity index (χ0n) is 17.0. The van der Waals surface area contributed by atoms with Crippen LogP contribution >= 0.6 is 0 Å². The molecule has 3 heterocycles. The Morgan fingerprint density at radius 2 is 2.10 bits per heavy atom. The van der Waals surface area contributed by atoms with Gasteiger partial charge in [0.05, 0.1) is 6.04 Å². The minimum absolute atomic E-state index is 0.0159. The summed E-state index contributed by atoms with van der Waals surface area (Å²) in [5.41, 5.74) is 4.03. The van der Waals surface area contributed by atoms with Gasteiger partial charge >= 0.3 is 6.03 Å². The number of imidazole rings is 1. The highest BCUT2D eigenvalue weighted by molar-refractivity contribution is 5.78. The third-order valence-corrected chi connectivity index (χ3v) is 5.38. The van der Waals surface area contributed by atoms with Crippen molar-refractivity contribution in [2.45, 2.75) is 25.8 Å². The van der Waals surface area contributed by atoms with Gasteiger partial charge in [0.15, 0.2) is 5.65 Å². The van der Waals surface area contributed by atoms with Crippen LogP contribution in [0.3, 0.4) is 0 Å². The average Bonchev–Trinajstić information content (AvgIpc) is 3.36. The summed E-state index contributed by atoms with van der Waals surface area (Å²) in [4.78, 5) is 23.9. The lowest BCUT2D eigenvalue weighted by Crippen LogP contribution is -2.39. The predicted molar refractivity (Wildman–Crippen MR) is 113 cm³/mol. The summed E-state index contributed by atoms with van der Waals surface area (Å²) in [6.45, 7) is 4.72. The molecule has 1 aromatic carbocycles. The maximum Gasteiger partial charge on any atom is 0.317 e. The van der Waals surface area contributed by atoms with E-state index in [0.29, 0.717) is 19.7 Å². The minimum Gasteiger partial charge on any atom is -0.385 e. The third-order valence-electron chi connectivity index (χ3n) is 5.38. The molecular formula is C22H27N5O2. The lowest BCUT2D eigenvalue weighted by Gasteiger charge is -2.19. The quantitative estimate of drug-likeness (QED) is 0.652. The summed E-state index contributed by atoms with van der Waals surface area (Å²) < 4.78 is 7.24. The summed E-state index contributed by atoms with van der Waals surface area (Å²) in [5.74, 6) is 0.908. The number of aromatic nitrogens is 3. The number of hydrogen-bond donors (Lipinski definition) is 1. The third kappa shape index (κ3) is 4.10. The summed E-state index contributed by atoms with van der Waals surface area (Å²) in [5, 5.41) is 2.98. The van der Waals surface area contributed by atoms with Gasteiger partial charge in [-0.25, -0.2) is 14.8 Å². The smallest absolute Gasteiger partial charge is 0.317 e. The van der Waals surface area contributed by atoms with Gasteiger partial charge in [0.25, 0.3) is 0 Å². The van der Waals surface area contributed by atoms with Crippen molar-refractivity contribution < 1.29 is 9.53 Å². The standard InChI is InChI=1S/C22H27N5O2/c1-16-6-8-17(9-7-16)20-25-19-5-3-11-23-21(19)27(20)18-10-13-26(15-18)22(28)24-12-4-14-29-2/h3,5-9,11,18H,4,10,12-15H2,1-2H3,(H,24,28)/t18-/m0/s1. The Labute approximate surface area is 170 Å². The fraction of sp³-hybridized carbons (Fsp3) is 0.409. The van der Waals surface area contributed by atoms with Crippen LogP contribution in [0.15, 0.2) is 42.6 Å². The van der Waals surface area contributed by atoms with Gasteiger partial charge in [0, 0.05) is 45.1 Å². The molecule has 1 aliphatic heterocycles. The number of carbonyl (C=O) groups is 1. The van der Waals surface area contributed by atoms with Gasteiger partial charge in [0.2, 0.25) is 0 Å². The van der Waals surface area contributed by atoms with Gasteiger partial charge in [-0.2, -0.15) is 0 Å². The van der Waals surface area contributed by atoms with Crippen LogP contribution in [0.2, 0.25) is 0 Å². The van der Waals surface area contributed by atoms with Crippen LogP contribution in [-0.4, -0.2) is 58.8 Å². The maximum absolute atomic E-state index is 12.5. The number of urea groups is 1. The van der Waals surface area contributed by atoms with E-state index in [9.17, 15) is 4.79 Å². The molecule has 0 saturated carbocycles. The van der Waals surface area contributed by atoms with Crippen molar-refractivity contribution in [2.75, 3.05) is 33.4 Å². The molecule has 2 amide bonds. The normalized spacial score (nSPS) is 16.5. The van der Waals surface area contributed by atoms with E-state index in [1.54, 1.807) is 13.3 Å². The van der Waals surface area contributed by atoms with E-state index in [4.69, 9.17) is 9.72 Å². The van der Waals surface area contributed by atoms with Crippen LogP contribution < -0.4 is 5.32 Å². The number of carbonyl (C=O) groups excluding carboxylic acids is 1. The number of nitrogens with one attached hydrogen (secondary N) is 1. The number of hydrogen-bond acceptors (Lipinski definition) is 4. The molecule has 29 heavy (non-hydrogen) atoms. The number of ether oxygens (including phenoxy) is 1. The lowest BCUT2D eigenvalue weighted by molar-refractivity contribution is 0.188. The van der Waals surface area contributed by atoms with Crippen LogP contribution in [0, 0.1) is 6.92 Å². The molecule has 152 valence electrons. The van der Waals surface area contributed by atoms with Crippen LogP contribution in [-0.2, 0) is 4.74 Å². The molecule has 1 aliphatic rings. The fourth-order valence-corrected chi connectivity index (χ4v) is 3.84. The highest BCUT2D eigenvalue weighted by Crippen LogP contribution is 2.32. The zero-order chi connectivity index (χ0) is 20.2. The molecule has 7 nitrogen and oxygen atoms in total. The van der Waals surface area contributed by atoms with Crippen LogP contribution in [0.5, 0.6) is 0 Å². The summed E-state index contributed by atoms with van der Waals surface area (Å²) in [7, 11) is 1.67. The number of aryl methyl sites for hydroxylation is 1. The van der Waals surface area contributed by atoms with Gasteiger partial charge in [-0.3, -0.25) is 0 Å². The number of pyridine rings is 1. The predicted octanol–water partition coefficient (Wildman–Crippen LogP) is 3.40. The van der Waals surface area contributed by atoms with Gasteiger partial charge in [-0.05, 0) is 31.9 Å². The van der Waals surface area contributed by atoms with Crippen molar-refractivity contribution >= 4 is 17.2 Å². The molecule has 2 aromatic heterocycles. The first-order valence-corrected chi connectivity index (χ1v) is 10.1.